The van der Waals surface area contributed by atoms with E-state index in [2.05, 4.69) is 10.1 Å². The molecule has 0 unspecified atom stereocenters. The number of nitrogens with zero attached hydrogens (tertiary/aromatic N) is 3. The molecule has 0 bridgehead atoms. The van der Waals surface area contributed by atoms with Crippen LogP contribution in [0, 0.1) is 13.8 Å². The number of pyridine rings is 1. The smallest absolute Gasteiger partial charge is 0.183 e. The molecule has 68 valence electrons. The second-order valence-corrected chi connectivity index (χ2v) is 3.29. The molecule has 0 spiro atoms. The van der Waals surface area contributed by atoms with Gasteiger partial charge in [-0.3, -0.25) is 4.68 Å². The molecule has 4 nitrogen and oxygen atoms in total. The minimum atomic E-state index is 0.681. The lowest BCUT2D eigenvalue weighted by molar-refractivity contribution is 0.786. The third-order valence-corrected chi connectivity index (χ3v) is 2.18. The van der Waals surface area contributed by atoms with Crippen molar-refractivity contribution in [2.75, 3.05) is 5.73 Å². The molecule has 4 heteroatoms. The number of nitrogens with two attached hydrogens (primary N) is 1. The van der Waals surface area contributed by atoms with Crippen molar-refractivity contribution < 1.29 is 0 Å². The lowest BCUT2D eigenvalue weighted by Crippen LogP contribution is -1.97. The summed E-state index contributed by atoms with van der Waals surface area (Å²) in [6, 6.07) is 2.01. The monoisotopic (exact) mass is 176 g/mol. The maximum absolute atomic E-state index is 5.85. The number of hydrogen-bond acceptors (Lipinski definition) is 3. The third kappa shape index (κ3) is 1.06. The van der Waals surface area contributed by atoms with Crippen molar-refractivity contribution in [1.29, 1.82) is 0 Å². The first-order valence-electron chi connectivity index (χ1n) is 4.16. The van der Waals surface area contributed by atoms with Gasteiger partial charge in [-0.05, 0) is 25.5 Å². The Hall–Kier alpha value is -1.58. The predicted octanol–water partition coefficient (Wildman–Crippen LogP) is 1.17. The summed E-state index contributed by atoms with van der Waals surface area (Å²) in [7, 11) is 1.83. The van der Waals surface area contributed by atoms with Crippen LogP contribution in [0.2, 0.25) is 0 Å². The fraction of sp³-hybridized carbons (Fsp3) is 0.333. The predicted molar refractivity (Wildman–Crippen MR) is 52.4 cm³/mol. The zero-order valence-corrected chi connectivity index (χ0v) is 8.00. The van der Waals surface area contributed by atoms with Gasteiger partial charge in [0.1, 0.15) is 5.82 Å². The number of rotatable bonds is 0. The van der Waals surface area contributed by atoms with Gasteiger partial charge in [0.2, 0.25) is 0 Å². The Bertz CT molecular complexity index is 470. The molecular weight excluding hydrogens is 164 g/mol. The van der Waals surface area contributed by atoms with Crippen LogP contribution in [0.1, 0.15) is 11.3 Å². The van der Waals surface area contributed by atoms with E-state index in [0.29, 0.717) is 5.82 Å². The molecule has 2 rings (SSSR count). The Morgan fingerprint density at radius 2 is 2.08 bits per heavy atom. The molecule has 0 aromatic carbocycles. The zero-order valence-electron chi connectivity index (χ0n) is 8.00. The molecule has 2 aromatic rings. The van der Waals surface area contributed by atoms with Gasteiger partial charge in [0, 0.05) is 12.7 Å². The second kappa shape index (κ2) is 2.45. The van der Waals surface area contributed by atoms with Crippen molar-refractivity contribution in [2.24, 2.45) is 7.05 Å². The highest BCUT2D eigenvalue weighted by Crippen LogP contribution is 2.22. The fourth-order valence-electron chi connectivity index (χ4n) is 1.56. The van der Waals surface area contributed by atoms with Crippen LogP contribution < -0.4 is 5.73 Å². The van der Waals surface area contributed by atoms with E-state index in [0.717, 1.165) is 22.3 Å². The summed E-state index contributed by atoms with van der Waals surface area (Å²) in [6.07, 6.45) is 0. The quantitative estimate of drug-likeness (QED) is 0.655. The second-order valence-electron chi connectivity index (χ2n) is 3.29. The van der Waals surface area contributed by atoms with Crippen molar-refractivity contribution in [3.8, 4) is 0 Å². The average Bonchev–Trinajstić information content (AvgIpc) is 2.27. The molecule has 0 aliphatic carbocycles. The van der Waals surface area contributed by atoms with Crippen LogP contribution in [0.4, 0.5) is 5.82 Å². The van der Waals surface area contributed by atoms with E-state index in [-0.39, 0.29) is 0 Å². The average molecular weight is 176 g/mol. The summed E-state index contributed by atoms with van der Waals surface area (Å²) in [5, 5.41) is 5.18. The zero-order chi connectivity index (χ0) is 9.59. The normalized spacial score (nSPS) is 11.0. The third-order valence-electron chi connectivity index (χ3n) is 2.18. The van der Waals surface area contributed by atoms with Gasteiger partial charge >= 0.3 is 0 Å². The Morgan fingerprint density at radius 1 is 1.38 bits per heavy atom. The number of anilines is 1. The number of aromatic nitrogens is 3. The van der Waals surface area contributed by atoms with Crippen LogP contribution in [-0.2, 0) is 7.05 Å². The summed E-state index contributed by atoms with van der Waals surface area (Å²) < 4.78 is 1.66. The highest BCUT2D eigenvalue weighted by atomic mass is 15.3. The number of aryl methyl sites for hydroxylation is 3. The SMILES string of the molecule is Cc1cc(C)c2c(N)n(C)nc2n1. The fourth-order valence-corrected chi connectivity index (χ4v) is 1.56. The molecule has 0 radical (unpaired) electrons. The number of fused-ring (bicyclic) bond motifs is 1. The lowest BCUT2D eigenvalue weighted by Gasteiger charge is -1.97. The van der Waals surface area contributed by atoms with Crippen molar-refractivity contribution >= 4 is 16.9 Å². The lowest BCUT2D eigenvalue weighted by atomic mass is 10.2. The summed E-state index contributed by atoms with van der Waals surface area (Å²) in [5.74, 6) is 0.681. The van der Waals surface area contributed by atoms with Crippen LogP contribution >= 0.6 is 0 Å². The first-order chi connectivity index (χ1) is 6.09. The topological polar surface area (TPSA) is 56.7 Å². The molecule has 0 amide bonds. The molecule has 0 atom stereocenters. The van der Waals surface area contributed by atoms with Gasteiger partial charge in [0.25, 0.3) is 0 Å². The van der Waals surface area contributed by atoms with Crippen molar-refractivity contribution in [1.82, 2.24) is 14.8 Å². The molecule has 0 aliphatic rings. The van der Waals surface area contributed by atoms with Crippen molar-refractivity contribution in [2.45, 2.75) is 13.8 Å². The van der Waals surface area contributed by atoms with Crippen LogP contribution in [0.5, 0.6) is 0 Å². The Labute approximate surface area is 76.4 Å². The van der Waals surface area contributed by atoms with Crippen LogP contribution in [0.25, 0.3) is 11.0 Å². The van der Waals surface area contributed by atoms with E-state index in [4.69, 9.17) is 5.73 Å². The van der Waals surface area contributed by atoms with E-state index in [1.165, 1.54) is 0 Å². The molecule has 0 aliphatic heterocycles. The highest BCUT2D eigenvalue weighted by Gasteiger charge is 2.09. The summed E-state index contributed by atoms with van der Waals surface area (Å²) in [4.78, 5) is 4.31. The van der Waals surface area contributed by atoms with E-state index in [9.17, 15) is 0 Å². The Morgan fingerprint density at radius 3 is 2.77 bits per heavy atom. The maximum atomic E-state index is 5.85. The first-order valence-corrected chi connectivity index (χ1v) is 4.16. The van der Waals surface area contributed by atoms with Crippen molar-refractivity contribution in [3.05, 3.63) is 17.3 Å². The molecule has 0 fully saturated rings. The van der Waals surface area contributed by atoms with Gasteiger partial charge in [-0.2, -0.15) is 5.10 Å². The summed E-state index contributed by atoms with van der Waals surface area (Å²) in [5.41, 5.74) is 8.69. The summed E-state index contributed by atoms with van der Waals surface area (Å²) in [6.45, 7) is 3.98. The Kier molecular flexibility index (Phi) is 1.52. The molecule has 2 N–H and O–H groups in total. The summed E-state index contributed by atoms with van der Waals surface area (Å²) >= 11 is 0. The van der Waals surface area contributed by atoms with E-state index in [1.54, 1.807) is 4.68 Å². The molecular formula is C9H12N4. The van der Waals surface area contributed by atoms with Crippen LogP contribution in [0.3, 0.4) is 0 Å². The minimum Gasteiger partial charge on any atom is -0.383 e. The number of nitrogen functional groups attached to an aromatic ring is 1. The van der Waals surface area contributed by atoms with Gasteiger partial charge in [-0.1, -0.05) is 0 Å². The largest absolute Gasteiger partial charge is 0.383 e. The van der Waals surface area contributed by atoms with Gasteiger partial charge in [0.15, 0.2) is 5.65 Å². The van der Waals surface area contributed by atoms with Crippen LogP contribution in [-0.4, -0.2) is 14.8 Å². The van der Waals surface area contributed by atoms with E-state index >= 15 is 0 Å². The first kappa shape index (κ1) is 8.04. The molecule has 2 heterocycles. The Balaban J connectivity index is 2.94. The van der Waals surface area contributed by atoms with Crippen molar-refractivity contribution in [3.63, 3.8) is 0 Å². The van der Waals surface area contributed by atoms with E-state index in [1.807, 2.05) is 27.0 Å². The molecule has 2 aromatic heterocycles. The number of hydrogen-bond donors (Lipinski definition) is 1. The van der Waals surface area contributed by atoms with Gasteiger partial charge in [-0.25, -0.2) is 4.98 Å². The minimum absolute atomic E-state index is 0.681. The van der Waals surface area contributed by atoms with Gasteiger partial charge in [0.05, 0.1) is 5.39 Å². The molecule has 0 saturated carbocycles. The van der Waals surface area contributed by atoms with Gasteiger partial charge in [-0.15, -0.1) is 0 Å². The maximum Gasteiger partial charge on any atom is 0.183 e. The van der Waals surface area contributed by atoms with Crippen LogP contribution in [0.15, 0.2) is 6.07 Å². The standard InChI is InChI=1S/C9H12N4/c1-5-4-6(2)11-9-7(5)8(10)13(3)12-9/h4H,10H2,1-3H3. The van der Waals surface area contributed by atoms with E-state index < -0.39 is 0 Å². The van der Waals surface area contributed by atoms with Gasteiger partial charge < -0.3 is 5.73 Å². The highest BCUT2D eigenvalue weighted by molar-refractivity contribution is 5.89. The molecule has 13 heavy (non-hydrogen) atoms. The molecule has 0 saturated heterocycles.